The van der Waals surface area contributed by atoms with Gasteiger partial charge in [0.15, 0.2) is 5.82 Å². The molecule has 1 aromatic rings. The SMILES string of the molecule is Cc1nnc(N=[N+]=[N-])nn1. The average molecular weight is 137 g/mol. The molecule has 0 unspecified atom stereocenters. The van der Waals surface area contributed by atoms with Gasteiger partial charge in [0.25, 0.3) is 5.95 Å². The maximum atomic E-state index is 7.91. The number of hydrogen-bond acceptors (Lipinski definition) is 5. The predicted octanol–water partition coefficient (Wildman–Crippen LogP) is 0.517. The fraction of sp³-hybridized carbons (Fsp3) is 0.333. The molecule has 0 bridgehead atoms. The Morgan fingerprint density at radius 2 is 1.90 bits per heavy atom. The van der Waals surface area contributed by atoms with E-state index < -0.39 is 0 Å². The highest BCUT2D eigenvalue weighted by molar-refractivity contribution is 5.05. The van der Waals surface area contributed by atoms with Gasteiger partial charge in [-0.05, 0) is 17.6 Å². The summed E-state index contributed by atoms with van der Waals surface area (Å²) in [6.45, 7) is 1.64. The van der Waals surface area contributed by atoms with E-state index in [-0.39, 0.29) is 5.95 Å². The second-order valence-corrected chi connectivity index (χ2v) is 1.44. The first kappa shape index (κ1) is 6.37. The van der Waals surface area contributed by atoms with Gasteiger partial charge >= 0.3 is 0 Å². The highest BCUT2D eigenvalue weighted by Gasteiger charge is 1.91. The van der Waals surface area contributed by atoms with Crippen molar-refractivity contribution in [2.75, 3.05) is 0 Å². The van der Waals surface area contributed by atoms with Crippen LogP contribution in [0.5, 0.6) is 0 Å². The summed E-state index contributed by atoms with van der Waals surface area (Å²) < 4.78 is 0. The number of hydrogen-bond donors (Lipinski definition) is 0. The first-order valence-electron chi connectivity index (χ1n) is 2.42. The quantitative estimate of drug-likeness (QED) is 0.319. The van der Waals surface area contributed by atoms with Gasteiger partial charge in [0.05, 0.1) is 0 Å². The largest absolute Gasteiger partial charge is 0.259 e. The topological polar surface area (TPSA) is 100 Å². The van der Waals surface area contributed by atoms with Crippen molar-refractivity contribution >= 4 is 5.95 Å². The van der Waals surface area contributed by atoms with Gasteiger partial charge in [-0.3, -0.25) is 0 Å². The Bertz CT molecular complexity index is 257. The normalized spacial score (nSPS) is 8.50. The second kappa shape index (κ2) is 2.70. The van der Waals surface area contributed by atoms with Gasteiger partial charge in [-0.1, -0.05) is 0 Å². The van der Waals surface area contributed by atoms with E-state index in [0.717, 1.165) is 0 Å². The van der Waals surface area contributed by atoms with E-state index in [1.165, 1.54) is 0 Å². The van der Waals surface area contributed by atoms with Gasteiger partial charge in [0.2, 0.25) is 0 Å². The van der Waals surface area contributed by atoms with Crippen LogP contribution in [0.1, 0.15) is 5.82 Å². The summed E-state index contributed by atoms with van der Waals surface area (Å²) in [5.74, 6) is 0.380. The van der Waals surface area contributed by atoms with Crippen LogP contribution < -0.4 is 0 Å². The molecule has 1 rings (SSSR count). The van der Waals surface area contributed by atoms with Crippen LogP contribution in [-0.2, 0) is 0 Å². The van der Waals surface area contributed by atoms with E-state index in [9.17, 15) is 0 Å². The molecule has 0 aromatic carbocycles. The lowest BCUT2D eigenvalue weighted by atomic mass is 10.8. The molecule has 0 fully saturated rings. The third-order valence-electron chi connectivity index (χ3n) is 0.702. The van der Waals surface area contributed by atoms with E-state index in [1.807, 2.05) is 0 Å². The summed E-state index contributed by atoms with van der Waals surface area (Å²) in [7, 11) is 0. The van der Waals surface area contributed by atoms with E-state index in [0.29, 0.717) is 5.82 Å². The van der Waals surface area contributed by atoms with Crippen LogP contribution in [0.2, 0.25) is 0 Å². The lowest BCUT2D eigenvalue weighted by Gasteiger charge is -1.85. The van der Waals surface area contributed by atoms with Crippen LogP contribution in [0.25, 0.3) is 10.4 Å². The smallest absolute Gasteiger partial charge is 0.132 e. The number of aromatic nitrogens is 4. The molecule has 0 aliphatic heterocycles. The molecule has 1 aromatic heterocycles. The maximum absolute atomic E-state index is 7.91. The molecule has 1 heterocycles. The van der Waals surface area contributed by atoms with Crippen LogP contribution in [0.4, 0.5) is 5.95 Å². The zero-order chi connectivity index (χ0) is 7.40. The maximum Gasteiger partial charge on any atom is 0.259 e. The highest BCUT2D eigenvalue weighted by Crippen LogP contribution is 1.95. The molecule has 0 radical (unpaired) electrons. The van der Waals surface area contributed by atoms with Gasteiger partial charge in [-0.2, -0.15) is 0 Å². The second-order valence-electron chi connectivity index (χ2n) is 1.44. The number of azide groups is 1. The molecule has 0 aliphatic carbocycles. The summed E-state index contributed by atoms with van der Waals surface area (Å²) in [5, 5.41) is 16.9. The van der Waals surface area contributed by atoms with Crippen molar-refractivity contribution in [2.45, 2.75) is 6.92 Å². The molecular weight excluding hydrogens is 134 g/mol. The predicted molar refractivity (Wildman–Crippen MR) is 31.2 cm³/mol. The van der Waals surface area contributed by atoms with Crippen molar-refractivity contribution in [2.24, 2.45) is 5.11 Å². The first-order valence-corrected chi connectivity index (χ1v) is 2.42. The van der Waals surface area contributed by atoms with Crippen molar-refractivity contribution in [3.63, 3.8) is 0 Å². The Labute approximate surface area is 55.7 Å². The zero-order valence-electron chi connectivity index (χ0n) is 5.13. The summed E-state index contributed by atoms with van der Waals surface area (Å²) in [4.78, 5) is 2.46. The molecule has 0 saturated carbocycles. The van der Waals surface area contributed by atoms with Crippen molar-refractivity contribution in [3.8, 4) is 0 Å². The molecule has 50 valence electrons. The first-order chi connectivity index (χ1) is 4.83. The van der Waals surface area contributed by atoms with Gasteiger partial charge in [0, 0.05) is 4.91 Å². The minimum Gasteiger partial charge on any atom is -0.132 e. The third kappa shape index (κ3) is 1.36. The Morgan fingerprint density at radius 3 is 2.40 bits per heavy atom. The number of rotatable bonds is 1. The number of aryl methyl sites for hydroxylation is 1. The van der Waals surface area contributed by atoms with E-state index in [2.05, 4.69) is 30.4 Å². The van der Waals surface area contributed by atoms with Gasteiger partial charge in [-0.25, -0.2) is 0 Å². The lowest BCUT2D eigenvalue weighted by Crippen LogP contribution is -1.93. The molecule has 0 spiro atoms. The summed E-state index contributed by atoms with van der Waals surface area (Å²) in [6, 6.07) is 0. The van der Waals surface area contributed by atoms with E-state index in [1.54, 1.807) is 6.92 Å². The van der Waals surface area contributed by atoms with E-state index >= 15 is 0 Å². The van der Waals surface area contributed by atoms with Crippen molar-refractivity contribution in [1.29, 1.82) is 0 Å². The Balaban J connectivity index is 3.00. The average Bonchev–Trinajstić information content (AvgIpc) is 1.95. The molecule has 0 atom stereocenters. The van der Waals surface area contributed by atoms with Gasteiger partial charge < -0.3 is 0 Å². The monoisotopic (exact) mass is 137 g/mol. The third-order valence-corrected chi connectivity index (χ3v) is 0.702. The molecule has 10 heavy (non-hydrogen) atoms. The Hall–Kier alpha value is -1.75. The minimum absolute atomic E-state index is 0.0619. The van der Waals surface area contributed by atoms with Crippen LogP contribution in [0, 0.1) is 6.92 Å². The van der Waals surface area contributed by atoms with Crippen LogP contribution in [0.15, 0.2) is 5.11 Å². The van der Waals surface area contributed by atoms with Gasteiger partial charge in [0.1, 0.15) is 0 Å². The fourth-order valence-corrected chi connectivity index (χ4v) is 0.354. The molecular formula is C3H3N7. The van der Waals surface area contributed by atoms with E-state index in [4.69, 9.17) is 5.53 Å². The van der Waals surface area contributed by atoms with Crippen LogP contribution in [0.3, 0.4) is 0 Å². The summed E-state index contributed by atoms with van der Waals surface area (Å²) >= 11 is 0. The zero-order valence-corrected chi connectivity index (χ0v) is 5.13. The molecule has 0 N–H and O–H groups in total. The van der Waals surface area contributed by atoms with Crippen LogP contribution in [-0.4, -0.2) is 20.4 Å². The van der Waals surface area contributed by atoms with Crippen LogP contribution >= 0.6 is 0 Å². The number of nitrogens with zero attached hydrogens (tertiary/aromatic N) is 7. The standard InChI is InChI=1S/C3H3N7/c1-2-5-7-3(8-6-2)9-10-4/h1H3. The van der Waals surface area contributed by atoms with Crippen molar-refractivity contribution in [3.05, 3.63) is 16.3 Å². The minimum atomic E-state index is -0.0619. The Morgan fingerprint density at radius 1 is 1.30 bits per heavy atom. The molecule has 0 saturated heterocycles. The molecule has 0 amide bonds. The fourth-order valence-electron chi connectivity index (χ4n) is 0.354. The van der Waals surface area contributed by atoms with Gasteiger partial charge in [-0.15, -0.1) is 20.4 Å². The van der Waals surface area contributed by atoms with Crippen molar-refractivity contribution < 1.29 is 0 Å². The lowest BCUT2D eigenvalue weighted by molar-refractivity contribution is 0.806. The highest BCUT2D eigenvalue weighted by atomic mass is 15.4. The molecule has 7 nitrogen and oxygen atoms in total. The molecule has 0 aliphatic rings. The Kier molecular flexibility index (Phi) is 1.72. The van der Waals surface area contributed by atoms with Crippen molar-refractivity contribution in [1.82, 2.24) is 20.4 Å². The summed E-state index contributed by atoms with van der Waals surface area (Å²) in [6.07, 6.45) is 0. The molecule has 7 heteroatoms. The summed E-state index contributed by atoms with van der Waals surface area (Å²) in [5.41, 5.74) is 7.91.